The van der Waals surface area contributed by atoms with Gasteiger partial charge in [0.25, 0.3) is 0 Å². The number of carbonyl (C=O) groups is 1. The van der Waals surface area contributed by atoms with Crippen molar-refractivity contribution in [1.82, 2.24) is 21.2 Å². The topological polar surface area (TPSA) is 75.3 Å². The lowest BCUT2D eigenvalue weighted by Crippen LogP contribution is -2.42. The number of para-hydroxylation sites is 1. The Morgan fingerprint density at radius 3 is 2.96 bits per heavy atom. The summed E-state index contributed by atoms with van der Waals surface area (Å²) in [6.45, 7) is 0.443. The molecule has 1 fully saturated rings. The molecule has 2 unspecified atom stereocenters. The number of hydrazine groups is 1. The van der Waals surface area contributed by atoms with Crippen LogP contribution in [0.5, 0.6) is 5.75 Å². The van der Waals surface area contributed by atoms with Gasteiger partial charge >= 0.3 is 0 Å². The van der Waals surface area contributed by atoms with Crippen molar-refractivity contribution in [3.05, 3.63) is 59.9 Å². The number of aromatic nitrogens is 1. The van der Waals surface area contributed by atoms with Crippen molar-refractivity contribution >= 4 is 5.91 Å². The average Bonchev–Trinajstić information content (AvgIpc) is 3.11. The van der Waals surface area contributed by atoms with E-state index in [4.69, 9.17) is 4.74 Å². The largest absolute Gasteiger partial charge is 0.496 e. The average molecular weight is 312 g/mol. The van der Waals surface area contributed by atoms with Crippen LogP contribution in [0.15, 0.2) is 48.8 Å². The fourth-order valence-corrected chi connectivity index (χ4v) is 2.68. The van der Waals surface area contributed by atoms with Crippen molar-refractivity contribution in [2.24, 2.45) is 0 Å². The first-order chi connectivity index (χ1) is 11.3. The van der Waals surface area contributed by atoms with Gasteiger partial charge in [0.2, 0.25) is 5.91 Å². The summed E-state index contributed by atoms with van der Waals surface area (Å²) in [4.78, 5) is 16.4. The molecule has 2 aromatic rings. The first-order valence-corrected chi connectivity index (χ1v) is 7.58. The molecule has 1 aromatic carbocycles. The summed E-state index contributed by atoms with van der Waals surface area (Å²) in [5.41, 5.74) is 8.22. The molecule has 1 amide bonds. The summed E-state index contributed by atoms with van der Waals surface area (Å²) in [6, 6.07) is 11.4. The molecule has 6 nitrogen and oxygen atoms in total. The molecule has 1 aromatic heterocycles. The fraction of sp³-hybridized carbons (Fsp3) is 0.294. The number of nitrogens with zero attached hydrogens (tertiary/aromatic N) is 1. The van der Waals surface area contributed by atoms with Gasteiger partial charge in [0, 0.05) is 30.5 Å². The van der Waals surface area contributed by atoms with Gasteiger partial charge in [-0.05, 0) is 24.1 Å². The van der Waals surface area contributed by atoms with E-state index in [1.807, 2.05) is 42.6 Å². The SMILES string of the molecule is COc1ccccc1CNC(=O)C1CC(c2cccnc2)NN1. The fourth-order valence-electron chi connectivity index (χ4n) is 2.68. The molecule has 2 heterocycles. The summed E-state index contributed by atoms with van der Waals surface area (Å²) in [5.74, 6) is 0.744. The van der Waals surface area contributed by atoms with Gasteiger partial charge in [0.1, 0.15) is 11.8 Å². The van der Waals surface area contributed by atoms with Gasteiger partial charge < -0.3 is 10.1 Å². The molecule has 1 aliphatic heterocycles. The molecule has 23 heavy (non-hydrogen) atoms. The number of pyridine rings is 1. The number of ether oxygens (including phenoxy) is 1. The molecule has 0 aliphatic carbocycles. The third kappa shape index (κ3) is 3.67. The zero-order valence-corrected chi connectivity index (χ0v) is 13.0. The number of hydrogen-bond acceptors (Lipinski definition) is 5. The summed E-state index contributed by atoms with van der Waals surface area (Å²) in [6.07, 6.45) is 4.24. The Hall–Kier alpha value is -2.44. The van der Waals surface area contributed by atoms with Crippen molar-refractivity contribution in [1.29, 1.82) is 0 Å². The van der Waals surface area contributed by atoms with Crippen LogP contribution in [0.4, 0.5) is 0 Å². The molecule has 0 saturated carbocycles. The highest BCUT2D eigenvalue weighted by molar-refractivity contribution is 5.82. The standard InChI is InChI=1S/C17H20N4O2/c1-23-16-7-3-2-5-13(16)11-19-17(22)15-9-14(20-21-15)12-6-4-8-18-10-12/h2-8,10,14-15,20-21H,9,11H2,1H3,(H,19,22). The lowest BCUT2D eigenvalue weighted by molar-refractivity contribution is -0.123. The van der Waals surface area contributed by atoms with Gasteiger partial charge in [0.05, 0.1) is 7.11 Å². The van der Waals surface area contributed by atoms with Gasteiger partial charge in [-0.1, -0.05) is 24.3 Å². The highest BCUT2D eigenvalue weighted by atomic mass is 16.5. The van der Waals surface area contributed by atoms with Crippen LogP contribution in [0.1, 0.15) is 23.6 Å². The van der Waals surface area contributed by atoms with Crippen LogP contribution in [-0.4, -0.2) is 24.0 Å². The molecule has 1 aliphatic rings. The van der Waals surface area contributed by atoms with Crippen LogP contribution in [0.2, 0.25) is 0 Å². The third-order valence-electron chi connectivity index (χ3n) is 3.95. The zero-order valence-electron chi connectivity index (χ0n) is 13.0. The molecule has 0 spiro atoms. The van der Waals surface area contributed by atoms with Crippen molar-refractivity contribution in [3.63, 3.8) is 0 Å². The summed E-state index contributed by atoms with van der Waals surface area (Å²) in [7, 11) is 1.63. The van der Waals surface area contributed by atoms with E-state index in [1.54, 1.807) is 13.3 Å². The quantitative estimate of drug-likeness (QED) is 0.776. The van der Waals surface area contributed by atoms with Crippen LogP contribution in [0.3, 0.4) is 0 Å². The minimum Gasteiger partial charge on any atom is -0.496 e. The molecule has 3 N–H and O–H groups in total. The number of amides is 1. The van der Waals surface area contributed by atoms with Crippen molar-refractivity contribution in [3.8, 4) is 5.75 Å². The molecule has 0 radical (unpaired) electrons. The van der Waals surface area contributed by atoms with E-state index in [1.165, 1.54) is 0 Å². The minimum absolute atomic E-state index is 0.0326. The van der Waals surface area contributed by atoms with Crippen LogP contribution in [0, 0.1) is 0 Å². The highest BCUT2D eigenvalue weighted by Gasteiger charge is 2.30. The second-order valence-corrected chi connectivity index (χ2v) is 5.45. The second-order valence-electron chi connectivity index (χ2n) is 5.45. The second kappa shape index (κ2) is 7.21. The smallest absolute Gasteiger partial charge is 0.238 e. The van der Waals surface area contributed by atoms with Gasteiger partial charge in [-0.2, -0.15) is 0 Å². The first-order valence-electron chi connectivity index (χ1n) is 7.58. The van der Waals surface area contributed by atoms with E-state index >= 15 is 0 Å². The predicted octanol–water partition coefficient (Wildman–Crippen LogP) is 1.31. The van der Waals surface area contributed by atoms with E-state index in [0.717, 1.165) is 16.9 Å². The predicted molar refractivity (Wildman–Crippen MR) is 86.5 cm³/mol. The van der Waals surface area contributed by atoms with E-state index < -0.39 is 0 Å². The van der Waals surface area contributed by atoms with Crippen LogP contribution in [0.25, 0.3) is 0 Å². The van der Waals surface area contributed by atoms with E-state index in [9.17, 15) is 4.79 Å². The lowest BCUT2D eigenvalue weighted by atomic mass is 10.0. The van der Waals surface area contributed by atoms with Crippen molar-refractivity contribution in [2.75, 3.05) is 7.11 Å². The molecule has 120 valence electrons. The number of methoxy groups -OCH3 is 1. The Kier molecular flexibility index (Phi) is 4.85. The van der Waals surface area contributed by atoms with Crippen LogP contribution < -0.4 is 20.9 Å². The molecule has 2 atom stereocenters. The Morgan fingerprint density at radius 1 is 1.30 bits per heavy atom. The molecule has 0 bridgehead atoms. The number of carbonyl (C=O) groups excluding carboxylic acids is 1. The van der Waals surface area contributed by atoms with Gasteiger partial charge in [-0.25, -0.2) is 10.9 Å². The highest BCUT2D eigenvalue weighted by Crippen LogP contribution is 2.21. The molecule has 3 rings (SSSR count). The Labute approximate surface area is 135 Å². The monoisotopic (exact) mass is 312 g/mol. The Balaban J connectivity index is 1.55. The molecule has 6 heteroatoms. The van der Waals surface area contributed by atoms with E-state index in [0.29, 0.717) is 13.0 Å². The number of benzene rings is 1. The summed E-state index contributed by atoms with van der Waals surface area (Å²) >= 11 is 0. The zero-order chi connectivity index (χ0) is 16.1. The van der Waals surface area contributed by atoms with E-state index in [2.05, 4.69) is 21.2 Å². The van der Waals surface area contributed by atoms with Crippen LogP contribution >= 0.6 is 0 Å². The van der Waals surface area contributed by atoms with Crippen LogP contribution in [-0.2, 0) is 11.3 Å². The molecular weight excluding hydrogens is 292 g/mol. The number of rotatable bonds is 5. The van der Waals surface area contributed by atoms with E-state index in [-0.39, 0.29) is 18.0 Å². The maximum atomic E-state index is 12.3. The maximum Gasteiger partial charge on any atom is 0.238 e. The normalized spacial score (nSPS) is 20.2. The van der Waals surface area contributed by atoms with Gasteiger partial charge in [-0.15, -0.1) is 0 Å². The minimum atomic E-state index is -0.269. The van der Waals surface area contributed by atoms with Gasteiger partial charge in [0.15, 0.2) is 0 Å². The van der Waals surface area contributed by atoms with Gasteiger partial charge in [-0.3, -0.25) is 9.78 Å². The molecule has 1 saturated heterocycles. The maximum absolute atomic E-state index is 12.3. The molecular formula is C17H20N4O2. The number of nitrogens with one attached hydrogen (secondary N) is 3. The summed E-state index contributed by atoms with van der Waals surface area (Å²) < 4.78 is 5.29. The first kappa shape index (κ1) is 15.5. The third-order valence-corrected chi connectivity index (χ3v) is 3.95. The lowest BCUT2D eigenvalue weighted by Gasteiger charge is -2.12. The number of hydrogen-bond donors (Lipinski definition) is 3. The van der Waals surface area contributed by atoms with Crippen molar-refractivity contribution in [2.45, 2.75) is 25.0 Å². The van der Waals surface area contributed by atoms with Crippen molar-refractivity contribution < 1.29 is 9.53 Å². The Morgan fingerprint density at radius 2 is 2.17 bits per heavy atom. The Bertz CT molecular complexity index is 663. The summed E-state index contributed by atoms with van der Waals surface area (Å²) in [5, 5.41) is 2.95.